The fourth-order valence-corrected chi connectivity index (χ4v) is 2.92. The summed E-state index contributed by atoms with van der Waals surface area (Å²) in [5.74, 6) is -2.43. The fourth-order valence-electron chi connectivity index (χ4n) is 1.79. The molecule has 0 aliphatic carbocycles. The van der Waals surface area contributed by atoms with Crippen molar-refractivity contribution >= 4 is 27.8 Å². The van der Waals surface area contributed by atoms with Gasteiger partial charge >= 0.3 is 5.97 Å². The molecule has 0 amide bonds. The van der Waals surface area contributed by atoms with Crippen molar-refractivity contribution in [2.24, 2.45) is 0 Å². The van der Waals surface area contributed by atoms with Crippen LogP contribution in [-0.4, -0.2) is 21.5 Å². The van der Waals surface area contributed by atoms with Gasteiger partial charge in [0, 0.05) is 12.1 Å². The molecule has 0 atom stereocenters. The molecule has 0 aromatic heterocycles. The van der Waals surface area contributed by atoms with Crippen LogP contribution in [0.5, 0.6) is 0 Å². The lowest BCUT2D eigenvalue weighted by Gasteiger charge is -2.09. The van der Waals surface area contributed by atoms with Crippen molar-refractivity contribution in [3.05, 3.63) is 65.7 Å². The molecule has 0 spiro atoms. The summed E-state index contributed by atoms with van der Waals surface area (Å²) in [7, 11) is -2.86. The highest BCUT2D eigenvalue weighted by atomic mass is 32.2. The van der Waals surface area contributed by atoms with Crippen molar-refractivity contribution in [2.45, 2.75) is 4.90 Å². The Morgan fingerprint density at radius 3 is 2.58 bits per heavy atom. The van der Waals surface area contributed by atoms with Gasteiger partial charge in [-0.1, -0.05) is 12.1 Å². The molecule has 0 bridgehead atoms. The van der Waals surface area contributed by atoms with Gasteiger partial charge in [0.15, 0.2) is 0 Å². The van der Waals surface area contributed by atoms with E-state index >= 15 is 0 Å². The number of ether oxygens (including phenoxy) is 1. The second-order valence-electron chi connectivity index (χ2n) is 4.66. The highest BCUT2D eigenvalue weighted by Gasteiger charge is 2.16. The molecule has 2 rings (SSSR count). The highest BCUT2D eigenvalue weighted by molar-refractivity contribution is 7.92. The summed E-state index contributed by atoms with van der Waals surface area (Å²) in [4.78, 5) is 10.9. The first-order valence-corrected chi connectivity index (χ1v) is 8.14. The molecule has 24 heavy (non-hydrogen) atoms. The van der Waals surface area contributed by atoms with Gasteiger partial charge in [-0.3, -0.25) is 4.72 Å². The zero-order valence-electron chi connectivity index (χ0n) is 12.5. The Labute approximate surface area is 137 Å². The van der Waals surface area contributed by atoms with E-state index in [1.165, 1.54) is 31.4 Å². The molecule has 126 valence electrons. The number of esters is 1. The number of halogens is 2. The molecule has 0 saturated carbocycles. The summed E-state index contributed by atoms with van der Waals surface area (Å²) in [6, 6.07) is 8.15. The van der Waals surface area contributed by atoms with Crippen molar-refractivity contribution < 1.29 is 26.7 Å². The Hall–Kier alpha value is -2.74. The zero-order chi connectivity index (χ0) is 17.7. The number of carbonyl (C=O) groups excluding carboxylic acids is 1. The lowest BCUT2D eigenvalue weighted by atomic mass is 10.2. The molecule has 0 radical (unpaired) electrons. The summed E-state index contributed by atoms with van der Waals surface area (Å²) in [6.45, 7) is 0. The normalized spacial score (nSPS) is 11.5. The second-order valence-corrected chi connectivity index (χ2v) is 6.34. The van der Waals surface area contributed by atoms with Gasteiger partial charge in [0.05, 0.1) is 17.7 Å². The third-order valence-corrected chi connectivity index (χ3v) is 4.32. The minimum Gasteiger partial charge on any atom is -0.466 e. The van der Waals surface area contributed by atoms with Crippen LogP contribution in [0.2, 0.25) is 0 Å². The first-order valence-electron chi connectivity index (χ1n) is 6.66. The van der Waals surface area contributed by atoms with E-state index in [0.717, 1.165) is 18.2 Å². The Kier molecular flexibility index (Phi) is 5.30. The predicted molar refractivity (Wildman–Crippen MR) is 84.7 cm³/mol. The van der Waals surface area contributed by atoms with Crippen LogP contribution in [-0.2, 0) is 19.6 Å². The van der Waals surface area contributed by atoms with Gasteiger partial charge in [0.1, 0.15) is 11.6 Å². The average molecular weight is 353 g/mol. The van der Waals surface area contributed by atoms with Crippen LogP contribution in [0.4, 0.5) is 14.5 Å². The molecule has 0 aliphatic rings. The van der Waals surface area contributed by atoms with Crippen LogP contribution >= 0.6 is 0 Å². The third-order valence-electron chi connectivity index (χ3n) is 2.96. The largest absolute Gasteiger partial charge is 0.466 e. The van der Waals surface area contributed by atoms with Crippen LogP contribution in [0.15, 0.2) is 53.4 Å². The van der Waals surface area contributed by atoms with E-state index in [-0.39, 0.29) is 10.6 Å². The molecule has 2 aromatic carbocycles. The predicted octanol–water partition coefficient (Wildman–Crippen LogP) is 2.95. The van der Waals surface area contributed by atoms with Gasteiger partial charge in [-0.25, -0.2) is 22.0 Å². The quantitative estimate of drug-likeness (QED) is 0.663. The number of carbonyl (C=O) groups is 1. The molecule has 0 aliphatic heterocycles. The molecule has 0 fully saturated rings. The van der Waals surface area contributed by atoms with Gasteiger partial charge in [0.2, 0.25) is 0 Å². The number of benzene rings is 2. The average Bonchev–Trinajstić information content (AvgIpc) is 2.55. The van der Waals surface area contributed by atoms with Crippen molar-refractivity contribution in [1.82, 2.24) is 0 Å². The SMILES string of the molecule is COC(=O)/C=C/c1cccc(S(=O)(=O)Nc2ccc(F)cc2F)c1. The van der Waals surface area contributed by atoms with E-state index in [1.807, 2.05) is 4.72 Å². The molecule has 0 unspecified atom stereocenters. The van der Waals surface area contributed by atoms with Crippen LogP contribution in [0.25, 0.3) is 6.08 Å². The van der Waals surface area contributed by atoms with E-state index in [9.17, 15) is 22.0 Å². The number of hydrogen-bond acceptors (Lipinski definition) is 4. The Morgan fingerprint density at radius 1 is 1.17 bits per heavy atom. The second kappa shape index (κ2) is 7.22. The lowest BCUT2D eigenvalue weighted by Crippen LogP contribution is -2.14. The maximum atomic E-state index is 13.6. The van der Waals surface area contributed by atoms with Gasteiger partial charge in [-0.05, 0) is 35.9 Å². The summed E-state index contributed by atoms with van der Waals surface area (Å²) in [5, 5.41) is 0. The van der Waals surface area contributed by atoms with Crippen molar-refractivity contribution in [3.63, 3.8) is 0 Å². The minimum atomic E-state index is -4.08. The fraction of sp³-hybridized carbons (Fsp3) is 0.0625. The maximum absolute atomic E-state index is 13.6. The lowest BCUT2D eigenvalue weighted by molar-refractivity contribution is -0.134. The molecular weight excluding hydrogens is 340 g/mol. The summed E-state index contributed by atoms with van der Waals surface area (Å²) < 4.78 is 57.6. The van der Waals surface area contributed by atoms with E-state index < -0.39 is 27.6 Å². The van der Waals surface area contributed by atoms with E-state index in [1.54, 1.807) is 6.07 Å². The molecule has 1 N–H and O–H groups in total. The van der Waals surface area contributed by atoms with E-state index in [0.29, 0.717) is 11.6 Å². The van der Waals surface area contributed by atoms with Crippen LogP contribution in [0, 0.1) is 11.6 Å². The summed E-state index contributed by atoms with van der Waals surface area (Å²) in [5.41, 5.74) is 0.0646. The zero-order valence-corrected chi connectivity index (χ0v) is 13.3. The van der Waals surface area contributed by atoms with Crippen molar-refractivity contribution in [1.29, 1.82) is 0 Å². The number of nitrogens with one attached hydrogen (secondary N) is 1. The van der Waals surface area contributed by atoms with Crippen LogP contribution < -0.4 is 4.72 Å². The van der Waals surface area contributed by atoms with Gasteiger partial charge in [-0.15, -0.1) is 0 Å². The molecule has 2 aromatic rings. The number of methoxy groups -OCH3 is 1. The smallest absolute Gasteiger partial charge is 0.330 e. The molecule has 8 heteroatoms. The highest BCUT2D eigenvalue weighted by Crippen LogP contribution is 2.21. The van der Waals surface area contributed by atoms with Crippen molar-refractivity contribution in [2.75, 3.05) is 11.8 Å². The van der Waals surface area contributed by atoms with E-state index in [4.69, 9.17) is 0 Å². The first kappa shape index (κ1) is 17.6. The molecule has 0 saturated heterocycles. The van der Waals surface area contributed by atoms with Gasteiger partial charge in [0.25, 0.3) is 10.0 Å². The Bertz CT molecular complexity index is 895. The molecular formula is C16H13F2NO4S. The standard InChI is InChI=1S/C16H13F2NO4S/c1-23-16(20)8-5-11-3-2-4-13(9-11)24(21,22)19-15-7-6-12(17)10-14(15)18/h2-10,19H,1H3/b8-5+. The first-order chi connectivity index (χ1) is 11.3. The topological polar surface area (TPSA) is 72.5 Å². The molecule has 0 heterocycles. The Morgan fingerprint density at radius 2 is 1.92 bits per heavy atom. The van der Waals surface area contributed by atoms with Crippen LogP contribution in [0.3, 0.4) is 0 Å². The van der Waals surface area contributed by atoms with Crippen molar-refractivity contribution in [3.8, 4) is 0 Å². The van der Waals surface area contributed by atoms with Crippen LogP contribution in [0.1, 0.15) is 5.56 Å². The van der Waals surface area contributed by atoms with Gasteiger partial charge in [-0.2, -0.15) is 0 Å². The number of anilines is 1. The maximum Gasteiger partial charge on any atom is 0.330 e. The minimum absolute atomic E-state index is 0.141. The molecule has 5 nitrogen and oxygen atoms in total. The van der Waals surface area contributed by atoms with E-state index in [2.05, 4.69) is 4.74 Å². The summed E-state index contributed by atoms with van der Waals surface area (Å²) in [6.07, 6.45) is 2.52. The monoisotopic (exact) mass is 353 g/mol. The van der Waals surface area contributed by atoms with Gasteiger partial charge < -0.3 is 4.74 Å². The third kappa shape index (κ3) is 4.39. The number of rotatable bonds is 5. The Balaban J connectivity index is 2.29. The number of sulfonamides is 1. The number of hydrogen-bond donors (Lipinski definition) is 1. The summed E-state index contributed by atoms with van der Waals surface area (Å²) >= 11 is 0.